The molecular formula is C26H30FN5O3. The lowest BCUT2D eigenvalue weighted by molar-refractivity contribution is 0.0325. The normalized spacial score (nSPS) is 19.0. The number of rotatable bonds is 7. The first-order valence-electron chi connectivity index (χ1n) is 11.6. The highest BCUT2D eigenvalue weighted by Crippen LogP contribution is 2.30. The third-order valence-corrected chi connectivity index (χ3v) is 6.26. The molecule has 0 unspecified atom stereocenters. The highest BCUT2D eigenvalue weighted by atomic mass is 19.1. The number of likely N-dealkylation sites (N-methyl/N-ethyl adjacent to an activating group) is 1. The maximum atomic E-state index is 13.6. The number of nitrogens with zero attached hydrogens (tertiary/aromatic N) is 5. The van der Waals surface area contributed by atoms with E-state index >= 15 is 0 Å². The van der Waals surface area contributed by atoms with Crippen LogP contribution < -0.4 is 4.74 Å². The summed E-state index contributed by atoms with van der Waals surface area (Å²) in [4.78, 5) is 30.0. The molecule has 1 aliphatic rings. The topological polar surface area (TPSA) is 91.7 Å². The summed E-state index contributed by atoms with van der Waals surface area (Å²) in [6.45, 7) is 5.36. The lowest BCUT2D eigenvalue weighted by atomic mass is 9.99. The SMILES string of the molecule is C[C@@H]1CN([C@@H](C)CO)C(=O)c2cc(-c3ccc(F)cc3)cnc2O[C@H]1CN(C)Cc1cncnc1. The quantitative estimate of drug-likeness (QED) is 0.557. The van der Waals surface area contributed by atoms with Gasteiger partial charge in [0, 0.05) is 55.3 Å². The molecule has 0 fully saturated rings. The second-order valence-electron chi connectivity index (χ2n) is 9.15. The van der Waals surface area contributed by atoms with Crippen LogP contribution >= 0.6 is 0 Å². The van der Waals surface area contributed by atoms with Gasteiger partial charge >= 0.3 is 0 Å². The van der Waals surface area contributed by atoms with Crippen molar-refractivity contribution in [3.05, 3.63) is 72.2 Å². The zero-order chi connectivity index (χ0) is 24.9. The van der Waals surface area contributed by atoms with Crippen LogP contribution in [0, 0.1) is 11.7 Å². The van der Waals surface area contributed by atoms with Crippen LogP contribution in [0.3, 0.4) is 0 Å². The fourth-order valence-electron chi connectivity index (χ4n) is 4.22. The molecule has 0 bridgehead atoms. The minimum Gasteiger partial charge on any atom is -0.472 e. The van der Waals surface area contributed by atoms with Crippen molar-refractivity contribution in [3.63, 3.8) is 0 Å². The molecule has 2 aromatic heterocycles. The van der Waals surface area contributed by atoms with E-state index in [1.165, 1.54) is 18.5 Å². The lowest BCUT2D eigenvalue weighted by Crippen LogP contribution is -2.49. The molecule has 0 spiro atoms. The van der Waals surface area contributed by atoms with Crippen molar-refractivity contribution >= 4 is 5.91 Å². The van der Waals surface area contributed by atoms with E-state index in [0.717, 1.165) is 11.1 Å². The number of fused-ring (bicyclic) bond motifs is 1. The molecular weight excluding hydrogens is 449 g/mol. The smallest absolute Gasteiger partial charge is 0.259 e. The molecule has 1 aromatic carbocycles. The molecule has 0 saturated heterocycles. The first kappa shape index (κ1) is 24.7. The predicted octanol–water partition coefficient (Wildman–Crippen LogP) is 3.03. The summed E-state index contributed by atoms with van der Waals surface area (Å²) in [6.07, 6.45) is 6.44. The van der Waals surface area contributed by atoms with E-state index in [1.807, 2.05) is 20.9 Å². The summed E-state index contributed by atoms with van der Waals surface area (Å²) < 4.78 is 19.8. The number of benzene rings is 1. The summed E-state index contributed by atoms with van der Waals surface area (Å²) in [5, 5.41) is 9.84. The van der Waals surface area contributed by atoms with Crippen molar-refractivity contribution in [2.45, 2.75) is 32.5 Å². The molecule has 0 aliphatic carbocycles. The fraction of sp³-hybridized carbons (Fsp3) is 0.385. The number of hydrogen-bond donors (Lipinski definition) is 1. The Bertz CT molecular complexity index is 1150. The average molecular weight is 480 g/mol. The molecule has 3 atom stereocenters. The van der Waals surface area contributed by atoms with Crippen LogP contribution in [0.15, 0.2) is 55.2 Å². The second-order valence-corrected chi connectivity index (χ2v) is 9.15. The van der Waals surface area contributed by atoms with E-state index in [-0.39, 0.29) is 42.3 Å². The van der Waals surface area contributed by atoms with Gasteiger partial charge in [-0.3, -0.25) is 9.69 Å². The van der Waals surface area contributed by atoms with Gasteiger partial charge < -0.3 is 14.7 Å². The standard InChI is InChI=1S/C26H30FN5O3/c1-17-12-32(18(2)15-33)26(34)23-8-21(20-4-6-22(27)7-5-20)11-30-25(23)35-24(17)14-31(3)13-19-9-28-16-29-10-19/h4-11,16-18,24,33H,12-15H2,1-3H3/t17-,18+,24+/m1/s1. The zero-order valence-electron chi connectivity index (χ0n) is 20.1. The molecule has 3 aromatic rings. The summed E-state index contributed by atoms with van der Waals surface area (Å²) >= 11 is 0. The Morgan fingerprint density at radius 2 is 1.91 bits per heavy atom. The van der Waals surface area contributed by atoms with Crippen LogP contribution in [0.25, 0.3) is 11.1 Å². The van der Waals surface area contributed by atoms with E-state index in [2.05, 4.69) is 19.9 Å². The van der Waals surface area contributed by atoms with Crippen LogP contribution in [0.5, 0.6) is 5.88 Å². The molecule has 1 aliphatic heterocycles. The Hall–Kier alpha value is -3.43. The highest BCUT2D eigenvalue weighted by Gasteiger charge is 2.34. The van der Waals surface area contributed by atoms with Gasteiger partial charge in [-0.1, -0.05) is 19.1 Å². The Morgan fingerprint density at radius 3 is 2.60 bits per heavy atom. The maximum Gasteiger partial charge on any atom is 0.259 e. The van der Waals surface area contributed by atoms with Gasteiger partial charge in [-0.05, 0) is 37.7 Å². The monoisotopic (exact) mass is 479 g/mol. The van der Waals surface area contributed by atoms with Crippen molar-refractivity contribution in [3.8, 4) is 17.0 Å². The van der Waals surface area contributed by atoms with Crippen molar-refractivity contribution in [2.24, 2.45) is 5.92 Å². The molecule has 0 radical (unpaired) electrons. The number of aromatic nitrogens is 3. The highest BCUT2D eigenvalue weighted by molar-refractivity contribution is 5.98. The average Bonchev–Trinajstić information content (AvgIpc) is 2.86. The van der Waals surface area contributed by atoms with Gasteiger partial charge in [0.05, 0.1) is 12.6 Å². The molecule has 1 N–H and O–H groups in total. The van der Waals surface area contributed by atoms with Crippen molar-refractivity contribution < 1.29 is 19.0 Å². The minimum absolute atomic E-state index is 0.0193. The van der Waals surface area contributed by atoms with E-state index in [0.29, 0.717) is 30.8 Å². The van der Waals surface area contributed by atoms with Crippen LogP contribution in [0.2, 0.25) is 0 Å². The van der Waals surface area contributed by atoms with Gasteiger partial charge in [0.25, 0.3) is 5.91 Å². The number of carbonyl (C=O) groups excluding carboxylic acids is 1. The van der Waals surface area contributed by atoms with E-state index in [1.54, 1.807) is 41.7 Å². The molecule has 1 amide bonds. The second kappa shape index (κ2) is 10.9. The summed E-state index contributed by atoms with van der Waals surface area (Å²) in [7, 11) is 1.99. The van der Waals surface area contributed by atoms with Crippen LogP contribution in [-0.2, 0) is 6.54 Å². The molecule has 4 rings (SSSR count). The number of aliphatic hydroxyl groups is 1. The van der Waals surface area contributed by atoms with Gasteiger partial charge in [-0.25, -0.2) is 19.3 Å². The molecule has 8 nitrogen and oxygen atoms in total. The number of hydrogen-bond acceptors (Lipinski definition) is 7. The molecule has 0 saturated carbocycles. The fourth-order valence-corrected chi connectivity index (χ4v) is 4.22. The van der Waals surface area contributed by atoms with Crippen molar-refractivity contribution in [1.29, 1.82) is 0 Å². The van der Waals surface area contributed by atoms with Gasteiger partial charge in [-0.15, -0.1) is 0 Å². The lowest BCUT2D eigenvalue weighted by Gasteiger charge is -2.37. The number of pyridine rings is 1. The molecule has 35 heavy (non-hydrogen) atoms. The third kappa shape index (κ3) is 5.80. The van der Waals surface area contributed by atoms with Crippen LogP contribution in [0.4, 0.5) is 4.39 Å². The zero-order valence-corrected chi connectivity index (χ0v) is 20.1. The summed E-state index contributed by atoms with van der Waals surface area (Å²) in [5.74, 6) is -0.352. The Balaban J connectivity index is 1.65. The minimum atomic E-state index is -0.370. The van der Waals surface area contributed by atoms with E-state index in [4.69, 9.17) is 4.74 Å². The summed E-state index contributed by atoms with van der Waals surface area (Å²) in [5.41, 5.74) is 2.74. The number of ether oxygens (including phenoxy) is 1. The first-order valence-corrected chi connectivity index (χ1v) is 11.6. The number of amides is 1. The maximum absolute atomic E-state index is 13.6. The molecule has 9 heteroatoms. The van der Waals surface area contributed by atoms with Crippen molar-refractivity contribution in [2.75, 3.05) is 26.7 Å². The Morgan fingerprint density at radius 1 is 1.20 bits per heavy atom. The first-order chi connectivity index (χ1) is 16.9. The van der Waals surface area contributed by atoms with Gasteiger partial charge in [-0.2, -0.15) is 0 Å². The summed E-state index contributed by atoms with van der Waals surface area (Å²) in [6, 6.07) is 7.39. The number of halogens is 1. The Kier molecular flexibility index (Phi) is 7.67. The molecule has 184 valence electrons. The number of aliphatic hydroxyl groups excluding tert-OH is 1. The third-order valence-electron chi connectivity index (χ3n) is 6.26. The van der Waals surface area contributed by atoms with Crippen LogP contribution in [-0.4, -0.2) is 74.7 Å². The van der Waals surface area contributed by atoms with E-state index < -0.39 is 0 Å². The number of carbonyl (C=O) groups is 1. The van der Waals surface area contributed by atoms with Gasteiger partial charge in [0.1, 0.15) is 23.8 Å². The van der Waals surface area contributed by atoms with Crippen LogP contribution in [0.1, 0.15) is 29.8 Å². The predicted molar refractivity (Wildman–Crippen MR) is 129 cm³/mol. The largest absolute Gasteiger partial charge is 0.472 e. The molecule has 3 heterocycles. The Labute approximate surface area is 204 Å². The van der Waals surface area contributed by atoms with E-state index in [9.17, 15) is 14.3 Å². The van der Waals surface area contributed by atoms with Gasteiger partial charge in [0.15, 0.2) is 0 Å². The van der Waals surface area contributed by atoms with Gasteiger partial charge in [0.2, 0.25) is 5.88 Å². The van der Waals surface area contributed by atoms with Crippen molar-refractivity contribution in [1.82, 2.24) is 24.8 Å².